The van der Waals surface area contributed by atoms with Crippen LogP contribution in [0.2, 0.25) is 0 Å². The van der Waals surface area contributed by atoms with Crippen molar-refractivity contribution in [1.82, 2.24) is 14.9 Å². The average Bonchev–Trinajstić information content (AvgIpc) is 2.60. The van der Waals surface area contributed by atoms with Crippen molar-refractivity contribution < 1.29 is 4.74 Å². The molecule has 1 atom stereocenters. The highest BCUT2D eigenvalue weighted by Crippen LogP contribution is 1.96. The van der Waals surface area contributed by atoms with Crippen LogP contribution < -0.4 is 5.32 Å². The first-order chi connectivity index (χ1) is 7.59. The first kappa shape index (κ1) is 13.2. The third-order valence-electron chi connectivity index (χ3n) is 2.35. The summed E-state index contributed by atoms with van der Waals surface area (Å²) in [5.74, 6) is 1.65. The van der Waals surface area contributed by atoms with Gasteiger partial charge in [-0.1, -0.05) is 13.8 Å². The second kappa shape index (κ2) is 6.66. The van der Waals surface area contributed by atoms with Crippen LogP contribution in [-0.4, -0.2) is 28.8 Å². The Hall–Kier alpha value is -0.870. The maximum Gasteiger partial charge on any atom is 0.122 e. The smallest absolute Gasteiger partial charge is 0.122 e. The molecule has 0 aliphatic rings. The van der Waals surface area contributed by atoms with E-state index in [9.17, 15) is 0 Å². The minimum Gasteiger partial charge on any atom is -0.380 e. The zero-order valence-electron chi connectivity index (χ0n) is 10.7. The number of aromatic nitrogens is 2. The SMILES string of the molecule is CC(C)COCC(C)NCc1nccn1C. The predicted octanol–water partition coefficient (Wildman–Crippen LogP) is 1.57. The molecule has 0 fully saturated rings. The van der Waals surface area contributed by atoms with E-state index < -0.39 is 0 Å². The van der Waals surface area contributed by atoms with Crippen molar-refractivity contribution in [2.24, 2.45) is 13.0 Å². The molecule has 1 unspecified atom stereocenters. The Bertz CT molecular complexity index is 296. The van der Waals surface area contributed by atoms with E-state index in [0.717, 1.165) is 25.6 Å². The molecule has 4 heteroatoms. The summed E-state index contributed by atoms with van der Waals surface area (Å²) in [5, 5.41) is 3.39. The van der Waals surface area contributed by atoms with Crippen molar-refractivity contribution in [2.45, 2.75) is 33.4 Å². The van der Waals surface area contributed by atoms with Gasteiger partial charge in [0.1, 0.15) is 5.82 Å². The minimum absolute atomic E-state index is 0.357. The van der Waals surface area contributed by atoms with Crippen LogP contribution in [0.1, 0.15) is 26.6 Å². The normalized spacial score (nSPS) is 13.3. The number of ether oxygens (including phenoxy) is 1. The third kappa shape index (κ3) is 4.77. The molecule has 0 bridgehead atoms. The van der Waals surface area contributed by atoms with Gasteiger partial charge < -0.3 is 14.6 Å². The second-order valence-corrected chi connectivity index (χ2v) is 4.67. The fraction of sp³-hybridized carbons (Fsp3) is 0.750. The van der Waals surface area contributed by atoms with Gasteiger partial charge in [-0.25, -0.2) is 4.98 Å². The van der Waals surface area contributed by atoms with E-state index in [2.05, 4.69) is 31.1 Å². The number of hydrogen-bond acceptors (Lipinski definition) is 3. The lowest BCUT2D eigenvalue weighted by atomic mass is 10.2. The highest BCUT2D eigenvalue weighted by molar-refractivity contribution is 4.90. The number of aryl methyl sites for hydroxylation is 1. The van der Waals surface area contributed by atoms with Crippen LogP contribution in [0.25, 0.3) is 0 Å². The summed E-state index contributed by atoms with van der Waals surface area (Å²) in [4.78, 5) is 4.26. The lowest BCUT2D eigenvalue weighted by molar-refractivity contribution is 0.0933. The molecule has 0 aliphatic heterocycles. The lowest BCUT2D eigenvalue weighted by Gasteiger charge is -2.15. The quantitative estimate of drug-likeness (QED) is 0.765. The van der Waals surface area contributed by atoms with Crippen molar-refractivity contribution in [2.75, 3.05) is 13.2 Å². The van der Waals surface area contributed by atoms with Gasteiger partial charge in [-0.05, 0) is 12.8 Å². The highest BCUT2D eigenvalue weighted by atomic mass is 16.5. The number of rotatable bonds is 7. The van der Waals surface area contributed by atoms with Gasteiger partial charge >= 0.3 is 0 Å². The topological polar surface area (TPSA) is 39.1 Å². The van der Waals surface area contributed by atoms with E-state index in [0.29, 0.717) is 12.0 Å². The van der Waals surface area contributed by atoms with E-state index in [1.165, 1.54) is 0 Å². The Morgan fingerprint density at radius 1 is 1.38 bits per heavy atom. The molecule has 1 heterocycles. The maximum atomic E-state index is 5.57. The Kier molecular flexibility index (Phi) is 5.49. The molecule has 0 aromatic carbocycles. The molecule has 0 aliphatic carbocycles. The summed E-state index contributed by atoms with van der Waals surface area (Å²) >= 11 is 0. The average molecular weight is 225 g/mol. The fourth-order valence-corrected chi connectivity index (χ4v) is 1.37. The Balaban J connectivity index is 2.15. The molecular formula is C12H23N3O. The van der Waals surface area contributed by atoms with Crippen molar-refractivity contribution in [3.8, 4) is 0 Å². The van der Waals surface area contributed by atoms with Crippen molar-refractivity contribution in [3.63, 3.8) is 0 Å². The largest absolute Gasteiger partial charge is 0.380 e. The first-order valence-electron chi connectivity index (χ1n) is 5.87. The van der Waals surface area contributed by atoms with Crippen LogP contribution in [0.5, 0.6) is 0 Å². The summed E-state index contributed by atoms with van der Waals surface area (Å²) in [5.41, 5.74) is 0. The molecule has 4 nitrogen and oxygen atoms in total. The molecule has 0 saturated carbocycles. The molecular weight excluding hydrogens is 202 g/mol. The van der Waals surface area contributed by atoms with Crippen molar-refractivity contribution in [3.05, 3.63) is 18.2 Å². The Labute approximate surface area is 98.0 Å². The minimum atomic E-state index is 0.357. The molecule has 16 heavy (non-hydrogen) atoms. The zero-order valence-corrected chi connectivity index (χ0v) is 10.7. The van der Waals surface area contributed by atoms with Crippen LogP contribution in [-0.2, 0) is 18.3 Å². The summed E-state index contributed by atoms with van der Waals surface area (Å²) in [6.45, 7) is 8.81. The molecule has 1 N–H and O–H groups in total. The summed E-state index contributed by atoms with van der Waals surface area (Å²) in [7, 11) is 2.00. The predicted molar refractivity (Wildman–Crippen MR) is 65.2 cm³/mol. The van der Waals surface area contributed by atoms with Gasteiger partial charge in [0.25, 0.3) is 0 Å². The Morgan fingerprint density at radius 3 is 2.69 bits per heavy atom. The monoisotopic (exact) mass is 225 g/mol. The number of nitrogens with one attached hydrogen (secondary N) is 1. The van der Waals surface area contributed by atoms with Gasteiger partial charge in [-0.3, -0.25) is 0 Å². The zero-order chi connectivity index (χ0) is 12.0. The highest BCUT2D eigenvalue weighted by Gasteiger charge is 2.04. The van der Waals surface area contributed by atoms with E-state index in [-0.39, 0.29) is 0 Å². The molecule has 0 amide bonds. The number of nitrogens with zero attached hydrogens (tertiary/aromatic N) is 2. The number of imidazole rings is 1. The molecule has 1 rings (SSSR count). The van der Waals surface area contributed by atoms with Crippen molar-refractivity contribution in [1.29, 1.82) is 0 Å². The van der Waals surface area contributed by atoms with Crippen LogP contribution in [0, 0.1) is 5.92 Å². The van der Waals surface area contributed by atoms with Crippen LogP contribution in [0.15, 0.2) is 12.4 Å². The molecule has 92 valence electrons. The summed E-state index contributed by atoms with van der Waals surface area (Å²) in [6, 6.07) is 0.357. The van der Waals surface area contributed by atoms with E-state index in [4.69, 9.17) is 4.74 Å². The van der Waals surface area contributed by atoms with Crippen LogP contribution >= 0.6 is 0 Å². The number of hydrogen-bond donors (Lipinski definition) is 1. The lowest BCUT2D eigenvalue weighted by Crippen LogP contribution is -2.31. The van der Waals surface area contributed by atoms with Crippen LogP contribution in [0.3, 0.4) is 0 Å². The van der Waals surface area contributed by atoms with E-state index >= 15 is 0 Å². The third-order valence-corrected chi connectivity index (χ3v) is 2.35. The molecule has 0 radical (unpaired) electrons. The van der Waals surface area contributed by atoms with Gasteiger partial charge in [0, 0.05) is 32.1 Å². The fourth-order valence-electron chi connectivity index (χ4n) is 1.37. The second-order valence-electron chi connectivity index (χ2n) is 4.67. The van der Waals surface area contributed by atoms with Crippen LogP contribution in [0.4, 0.5) is 0 Å². The standard InChI is InChI=1S/C12H23N3O/c1-10(2)8-16-9-11(3)14-7-12-13-5-6-15(12)4/h5-6,10-11,14H,7-9H2,1-4H3. The Morgan fingerprint density at radius 2 is 2.12 bits per heavy atom. The molecule has 1 aromatic heterocycles. The van der Waals surface area contributed by atoms with Gasteiger partial charge in [-0.2, -0.15) is 0 Å². The van der Waals surface area contributed by atoms with Gasteiger partial charge in [0.05, 0.1) is 13.2 Å². The van der Waals surface area contributed by atoms with Crippen molar-refractivity contribution >= 4 is 0 Å². The summed E-state index contributed by atoms with van der Waals surface area (Å²) in [6.07, 6.45) is 3.77. The van der Waals surface area contributed by atoms with Gasteiger partial charge in [-0.15, -0.1) is 0 Å². The molecule has 0 saturated heterocycles. The van der Waals surface area contributed by atoms with E-state index in [1.54, 1.807) is 0 Å². The van der Waals surface area contributed by atoms with E-state index in [1.807, 2.05) is 24.0 Å². The maximum absolute atomic E-state index is 5.57. The first-order valence-corrected chi connectivity index (χ1v) is 5.87. The molecule has 1 aromatic rings. The van der Waals surface area contributed by atoms with Gasteiger partial charge in [0.15, 0.2) is 0 Å². The molecule has 0 spiro atoms. The van der Waals surface area contributed by atoms with Gasteiger partial charge in [0.2, 0.25) is 0 Å². The summed E-state index contributed by atoms with van der Waals surface area (Å²) < 4.78 is 7.59.